The Morgan fingerprint density at radius 1 is 0.574 bits per heavy atom. The van der Waals surface area contributed by atoms with E-state index in [0.717, 1.165) is 41.0 Å². The lowest BCUT2D eigenvalue weighted by Gasteiger charge is -2.21. The molecule has 0 radical (unpaired) electrons. The molecule has 0 aliphatic carbocycles. The summed E-state index contributed by atoms with van der Waals surface area (Å²) in [4.78, 5) is 35.0. The summed E-state index contributed by atoms with van der Waals surface area (Å²) < 4.78 is 34.2. The molecule has 0 spiro atoms. The molecule has 24 heteroatoms. The number of hydrogen-bond donors (Lipinski definition) is 8. The quantitative estimate of drug-likeness (QED) is 0.0110. The van der Waals surface area contributed by atoms with Crippen LogP contribution in [0.5, 0.6) is 0 Å². The molecular formula is C44H52N12O10S2. The largest absolute Gasteiger partial charge is 0.395 e. The Labute approximate surface area is 397 Å². The summed E-state index contributed by atoms with van der Waals surface area (Å²) in [6.07, 6.45) is 3.10. The van der Waals surface area contributed by atoms with Gasteiger partial charge in [-0.1, -0.05) is 78.9 Å². The van der Waals surface area contributed by atoms with Crippen LogP contribution in [0.1, 0.15) is 11.1 Å². The van der Waals surface area contributed by atoms with Crippen molar-refractivity contribution in [3.05, 3.63) is 121 Å². The van der Waals surface area contributed by atoms with E-state index < -0.39 is 10.1 Å². The molecule has 2 heterocycles. The normalized spacial score (nSPS) is 10.9. The van der Waals surface area contributed by atoms with Gasteiger partial charge in [-0.2, -0.15) is 38.3 Å². The maximum atomic E-state index is 12.3. The molecule has 0 aliphatic heterocycles. The van der Waals surface area contributed by atoms with Gasteiger partial charge in [0.1, 0.15) is 4.90 Å². The maximum absolute atomic E-state index is 12.3. The van der Waals surface area contributed by atoms with Crippen LogP contribution in [-0.4, -0.2) is 126 Å². The van der Waals surface area contributed by atoms with Crippen molar-refractivity contribution in [1.29, 1.82) is 0 Å². The average Bonchev–Trinajstić information content (AvgIpc) is 3.34. The van der Waals surface area contributed by atoms with Crippen LogP contribution in [0.4, 0.5) is 58.4 Å². The topological polar surface area (TPSA) is 284 Å². The fourth-order valence-corrected chi connectivity index (χ4v) is 7.39. The molecule has 360 valence electrons. The minimum Gasteiger partial charge on any atom is -0.395 e. The number of aromatic nitrogens is 6. The van der Waals surface area contributed by atoms with Gasteiger partial charge in [0, 0.05) is 53.8 Å². The monoisotopic (exact) mass is 972 g/mol. The first kappa shape index (κ1) is 52.1. The highest BCUT2D eigenvalue weighted by molar-refractivity contribution is 7.94. The van der Waals surface area contributed by atoms with Crippen molar-refractivity contribution in [2.75, 3.05) is 97.9 Å². The minimum atomic E-state index is -3.98. The number of para-hydroxylation sites is 2. The summed E-state index contributed by atoms with van der Waals surface area (Å²) in [6, 6.07) is 28.8. The van der Waals surface area contributed by atoms with Gasteiger partial charge in [-0.25, -0.2) is 4.89 Å². The van der Waals surface area contributed by atoms with Crippen LogP contribution < -0.4 is 31.1 Å². The number of aliphatic hydroxyl groups is 4. The molecule has 0 fully saturated rings. The van der Waals surface area contributed by atoms with Crippen LogP contribution in [0.15, 0.2) is 120 Å². The van der Waals surface area contributed by atoms with Gasteiger partial charge in [0.15, 0.2) is 0 Å². The lowest BCUT2D eigenvalue weighted by atomic mass is 10.2. The number of anilines is 10. The van der Waals surface area contributed by atoms with Gasteiger partial charge < -0.3 is 51.5 Å². The summed E-state index contributed by atoms with van der Waals surface area (Å²) >= 11 is 0.959. The molecule has 0 saturated carbocycles. The van der Waals surface area contributed by atoms with Crippen LogP contribution in [0.2, 0.25) is 0 Å². The molecule has 0 amide bonds. The Bertz CT molecular complexity index is 2630. The van der Waals surface area contributed by atoms with Gasteiger partial charge in [-0.3, -0.25) is 4.18 Å². The lowest BCUT2D eigenvalue weighted by molar-refractivity contribution is -0.447. The second-order valence-electron chi connectivity index (χ2n) is 13.6. The number of benzene rings is 4. The zero-order chi connectivity index (χ0) is 48.7. The Kier molecular flexibility index (Phi) is 20.8. The highest BCUT2D eigenvalue weighted by Crippen LogP contribution is 2.30. The Morgan fingerprint density at radius 2 is 0.985 bits per heavy atom. The molecule has 22 nitrogen and oxygen atoms in total. The molecule has 0 saturated heterocycles. The first-order valence-corrected chi connectivity index (χ1v) is 22.7. The van der Waals surface area contributed by atoms with Gasteiger partial charge in [0.25, 0.3) is 10.1 Å². The average molecular weight is 973 g/mol. The Morgan fingerprint density at radius 3 is 1.38 bits per heavy atom. The van der Waals surface area contributed by atoms with Crippen LogP contribution in [-0.2, 0) is 28.6 Å². The van der Waals surface area contributed by atoms with Crippen molar-refractivity contribution >= 4 is 92.8 Å². The number of nitrogens with zero attached hydrogens (tertiary/aromatic N) is 8. The number of rotatable bonds is 26. The Balaban J connectivity index is 0.000000254. The maximum Gasteiger partial charge on any atom is 0.297 e. The number of aliphatic hydroxyl groups excluding tert-OH is 4. The van der Waals surface area contributed by atoms with Crippen molar-refractivity contribution in [3.63, 3.8) is 0 Å². The van der Waals surface area contributed by atoms with Crippen molar-refractivity contribution < 1.29 is 47.3 Å². The van der Waals surface area contributed by atoms with E-state index >= 15 is 0 Å². The molecular weight excluding hydrogens is 921 g/mol. The van der Waals surface area contributed by atoms with Gasteiger partial charge in [0.2, 0.25) is 35.7 Å². The van der Waals surface area contributed by atoms with E-state index in [4.69, 9.17) is 4.33 Å². The molecule has 0 atom stereocenters. The van der Waals surface area contributed by atoms with Gasteiger partial charge in [-0.05, 0) is 59.7 Å². The van der Waals surface area contributed by atoms with Crippen molar-refractivity contribution in [2.45, 2.75) is 9.79 Å². The second-order valence-corrected chi connectivity index (χ2v) is 16.0. The molecule has 8 N–H and O–H groups in total. The van der Waals surface area contributed by atoms with Crippen molar-refractivity contribution in [2.24, 2.45) is 0 Å². The fraction of sp³-hybridized carbons (Fsp3) is 0.227. The van der Waals surface area contributed by atoms with Gasteiger partial charge in [-0.15, -0.1) is 4.33 Å². The zero-order valence-electron chi connectivity index (χ0n) is 37.1. The van der Waals surface area contributed by atoms with Crippen molar-refractivity contribution in [3.8, 4) is 0 Å². The Hall–Kier alpha value is -6.84. The van der Waals surface area contributed by atoms with E-state index in [0.29, 0.717) is 28.8 Å². The molecule has 0 unspecified atom stereocenters. The van der Waals surface area contributed by atoms with E-state index in [9.17, 15) is 28.8 Å². The van der Waals surface area contributed by atoms with E-state index in [1.807, 2.05) is 78.9 Å². The van der Waals surface area contributed by atoms with Gasteiger partial charge >= 0.3 is 0 Å². The third-order valence-corrected chi connectivity index (χ3v) is 11.0. The first-order valence-electron chi connectivity index (χ1n) is 20.6. The van der Waals surface area contributed by atoms with Crippen molar-refractivity contribution in [1.82, 2.24) is 29.9 Å². The fourth-order valence-electron chi connectivity index (χ4n) is 5.92. The highest BCUT2D eigenvalue weighted by atomic mass is 32.2. The van der Waals surface area contributed by atoms with Crippen LogP contribution >= 0.6 is 12.0 Å². The smallest absolute Gasteiger partial charge is 0.297 e. The minimum absolute atomic E-state index is 0.0610. The summed E-state index contributed by atoms with van der Waals surface area (Å²) in [5.74, 6) is 1.41. The molecule has 6 rings (SSSR count). The third kappa shape index (κ3) is 15.6. The number of hydrogen-bond acceptors (Lipinski definition) is 23. The van der Waals surface area contributed by atoms with E-state index in [1.54, 1.807) is 28.0 Å². The van der Waals surface area contributed by atoms with Gasteiger partial charge in [0.05, 0.1) is 52.7 Å². The lowest BCUT2D eigenvalue weighted by Crippen LogP contribution is -2.31. The van der Waals surface area contributed by atoms with Crippen LogP contribution in [0.25, 0.3) is 12.2 Å². The second kappa shape index (κ2) is 27.1. The number of nitrogens with one attached hydrogen (secondary N) is 4. The summed E-state index contributed by atoms with van der Waals surface area (Å²) in [6.45, 7) is 7.75. The molecule has 6 aromatic rings. The SMILES string of the molecule is C=Cc1ccc(Nc2nc(Nc3ccccc3)nc(N(CCO)CCO)n2)cc1S(=O)(=O)OC.C=Cc1ccc(Nc2nc(Nc3ccccc3)nc(N(CCO)CCO)n2)cc1SOOOC. The first-order chi connectivity index (χ1) is 33.1. The molecule has 2 aromatic heterocycles. The molecule has 68 heavy (non-hydrogen) atoms. The van der Waals surface area contributed by atoms with E-state index in [1.165, 1.54) is 19.3 Å². The molecule has 0 bridgehead atoms. The predicted molar refractivity (Wildman–Crippen MR) is 261 cm³/mol. The van der Waals surface area contributed by atoms with Crippen LogP contribution in [0, 0.1) is 0 Å². The van der Waals surface area contributed by atoms with E-state index in [-0.39, 0.29) is 81.3 Å². The summed E-state index contributed by atoms with van der Waals surface area (Å²) in [7, 11) is -1.56. The molecule has 4 aromatic carbocycles. The summed E-state index contributed by atoms with van der Waals surface area (Å²) in [5, 5.41) is 54.6. The third-order valence-electron chi connectivity index (χ3n) is 9.04. The summed E-state index contributed by atoms with van der Waals surface area (Å²) in [5.41, 5.74) is 3.81. The zero-order valence-corrected chi connectivity index (χ0v) is 38.7. The molecule has 0 aliphatic rings. The standard InChI is InChI=1S/2C22H26N6O5S/c1-3-16-9-10-18(15-19(16)34(31,32)33-2)24-21-25-20(23-17-7-5-4-6-8-17)26-22(27-21)28(11-13-29)12-14-30;1-3-16-9-10-18(15-19(16)34-33-32-31-2)24-21-25-20(23-17-7-5-4-6-8-17)26-22(27-21)28(11-13-29)12-14-30/h2*3-10,15,29-30H,1,11-14H2,2H3,(H2,23,24,25,26,27). The van der Waals surface area contributed by atoms with E-state index in [2.05, 4.69) is 78.4 Å². The highest BCUT2D eigenvalue weighted by Gasteiger charge is 2.20. The van der Waals surface area contributed by atoms with Crippen LogP contribution in [0.3, 0.4) is 0 Å². The predicted octanol–water partition coefficient (Wildman–Crippen LogP) is 5.44.